The highest BCUT2D eigenvalue weighted by molar-refractivity contribution is 6.04. The molecule has 2 aromatic heterocycles. The third kappa shape index (κ3) is 2.63. The van der Waals surface area contributed by atoms with Crippen LogP contribution in [0, 0.1) is 0 Å². The number of benzene rings is 2. The van der Waals surface area contributed by atoms with Gasteiger partial charge in [0.1, 0.15) is 0 Å². The molecule has 2 heterocycles. The van der Waals surface area contributed by atoms with Gasteiger partial charge in [-0.2, -0.15) is 0 Å². The van der Waals surface area contributed by atoms with Crippen molar-refractivity contribution in [1.29, 1.82) is 0 Å². The fraction of sp³-hybridized carbons (Fsp3) is 0. The molecule has 0 amide bonds. The van der Waals surface area contributed by atoms with Crippen molar-refractivity contribution in [1.82, 2.24) is 9.97 Å². The van der Waals surface area contributed by atoms with Crippen molar-refractivity contribution in [3.8, 4) is 11.1 Å². The lowest BCUT2D eigenvalue weighted by molar-refractivity contribution is 0.0647. The Balaban J connectivity index is 1.89. The molecule has 0 bridgehead atoms. The number of hydrogen-bond donors (Lipinski definition) is 2. The van der Waals surface area contributed by atoms with E-state index in [2.05, 4.69) is 9.97 Å². The van der Waals surface area contributed by atoms with E-state index in [0.717, 1.165) is 22.0 Å². The minimum Gasteiger partial charge on any atom is -0.478 e. The fourth-order valence-corrected chi connectivity index (χ4v) is 2.92. The summed E-state index contributed by atoms with van der Waals surface area (Å²) in [7, 11) is 0. The van der Waals surface area contributed by atoms with E-state index in [1.54, 1.807) is 18.3 Å². The van der Waals surface area contributed by atoms with Gasteiger partial charge in [-0.05, 0) is 35.4 Å². The minimum absolute atomic E-state index is 0.326. The summed E-state index contributed by atoms with van der Waals surface area (Å²) < 4.78 is 0. The van der Waals surface area contributed by atoms with Gasteiger partial charge < -0.3 is 10.2 Å². The van der Waals surface area contributed by atoms with Crippen molar-refractivity contribution in [2.24, 2.45) is 0 Å². The Morgan fingerprint density at radius 2 is 1.46 bits per heavy atom. The Labute approximate surface area is 147 Å². The number of fused-ring (bicyclic) bond motifs is 2. The van der Waals surface area contributed by atoms with E-state index in [4.69, 9.17) is 0 Å². The van der Waals surface area contributed by atoms with Crippen LogP contribution >= 0.6 is 0 Å². The first-order valence-corrected chi connectivity index (χ1v) is 7.79. The zero-order chi connectivity index (χ0) is 18.3. The Hall–Kier alpha value is -3.80. The van der Waals surface area contributed by atoms with Crippen molar-refractivity contribution >= 4 is 33.7 Å². The summed E-state index contributed by atoms with van der Waals surface area (Å²) in [5.74, 6) is -2.69. The van der Waals surface area contributed by atoms with Crippen molar-refractivity contribution in [2.75, 3.05) is 0 Å². The summed E-state index contributed by atoms with van der Waals surface area (Å²) >= 11 is 0. The van der Waals surface area contributed by atoms with E-state index in [-0.39, 0.29) is 5.56 Å². The summed E-state index contributed by atoms with van der Waals surface area (Å²) in [4.78, 5) is 31.0. The van der Waals surface area contributed by atoms with Gasteiger partial charge in [0.25, 0.3) is 0 Å². The predicted octanol–water partition coefficient (Wildman–Crippen LogP) is 3.85. The zero-order valence-corrected chi connectivity index (χ0v) is 13.4. The third-order valence-corrected chi connectivity index (χ3v) is 4.19. The van der Waals surface area contributed by atoms with Crippen LogP contribution < -0.4 is 0 Å². The normalized spacial score (nSPS) is 10.9. The van der Waals surface area contributed by atoms with Crippen molar-refractivity contribution in [3.63, 3.8) is 0 Å². The molecule has 26 heavy (non-hydrogen) atoms. The van der Waals surface area contributed by atoms with Crippen LogP contribution in [0.15, 0.2) is 60.8 Å². The maximum absolute atomic E-state index is 11.3. The molecule has 4 aromatic rings. The first-order valence-electron chi connectivity index (χ1n) is 7.79. The molecular weight excluding hydrogens is 332 g/mol. The van der Waals surface area contributed by atoms with Gasteiger partial charge in [-0.15, -0.1) is 0 Å². The van der Waals surface area contributed by atoms with Gasteiger partial charge >= 0.3 is 11.9 Å². The number of aromatic nitrogens is 2. The fourth-order valence-electron chi connectivity index (χ4n) is 2.92. The van der Waals surface area contributed by atoms with E-state index in [0.29, 0.717) is 10.9 Å². The maximum Gasteiger partial charge on any atom is 0.355 e. The highest BCUT2D eigenvalue weighted by Crippen LogP contribution is 2.27. The van der Waals surface area contributed by atoms with E-state index < -0.39 is 17.6 Å². The van der Waals surface area contributed by atoms with Crippen LogP contribution in [0.25, 0.3) is 32.9 Å². The Morgan fingerprint density at radius 1 is 0.769 bits per heavy atom. The van der Waals surface area contributed by atoms with Crippen LogP contribution in [0.5, 0.6) is 0 Å². The summed E-state index contributed by atoms with van der Waals surface area (Å²) in [5.41, 5.74) is 2.24. The zero-order valence-electron chi connectivity index (χ0n) is 13.4. The number of carbonyl (C=O) groups is 2. The summed E-state index contributed by atoms with van der Waals surface area (Å²) in [6.07, 6.45) is 1.72. The lowest BCUT2D eigenvalue weighted by Gasteiger charge is -2.07. The summed E-state index contributed by atoms with van der Waals surface area (Å²) in [6, 6.07) is 16.4. The van der Waals surface area contributed by atoms with Crippen molar-refractivity contribution in [2.45, 2.75) is 0 Å². The lowest BCUT2D eigenvalue weighted by Crippen LogP contribution is -2.10. The first-order chi connectivity index (χ1) is 12.5. The monoisotopic (exact) mass is 344 g/mol. The number of carboxylic acids is 2. The molecule has 0 aliphatic rings. The molecular formula is C20H12N2O4. The molecule has 0 atom stereocenters. The number of hydrogen-bond acceptors (Lipinski definition) is 4. The molecule has 0 aliphatic carbocycles. The third-order valence-electron chi connectivity index (χ3n) is 4.19. The molecule has 0 radical (unpaired) electrons. The highest BCUT2D eigenvalue weighted by atomic mass is 16.4. The minimum atomic E-state index is -1.37. The first kappa shape index (κ1) is 15.7. The van der Waals surface area contributed by atoms with E-state index >= 15 is 0 Å². The average Bonchev–Trinajstić information content (AvgIpc) is 2.66. The lowest BCUT2D eigenvalue weighted by atomic mass is 10.0. The van der Waals surface area contributed by atoms with Crippen LogP contribution in [-0.2, 0) is 0 Å². The molecule has 0 aliphatic heterocycles. The van der Waals surface area contributed by atoms with Crippen molar-refractivity contribution in [3.05, 3.63) is 72.1 Å². The second kappa shape index (κ2) is 5.93. The second-order valence-electron chi connectivity index (χ2n) is 5.81. The molecule has 0 saturated carbocycles. The van der Waals surface area contributed by atoms with E-state index in [9.17, 15) is 19.8 Å². The summed E-state index contributed by atoms with van der Waals surface area (Å²) in [6.45, 7) is 0. The van der Waals surface area contributed by atoms with E-state index in [1.165, 1.54) is 6.07 Å². The molecule has 6 heteroatoms. The van der Waals surface area contributed by atoms with Gasteiger partial charge in [0.2, 0.25) is 0 Å². The van der Waals surface area contributed by atoms with Crippen molar-refractivity contribution < 1.29 is 19.8 Å². The number of aromatic carboxylic acids is 2. The SMILES string of the molecule is O=C(O)c1cc2ccc(-c3ccc4cccnc4c3)cc2nc1C(=O)O. The molecule has 4 rings (SSSR count). The molecule has 0 saturated heterocycles. The van der Waals surface area contributed by atoms with E-state index in [1.807, 2.05) is 36.4 Å². The van der Waals surface area contributed by atoms with Gasteiger partial charge in [-0.1, -0.05) is 30.3 Å². The molecule has 0 fully saturated rings. The quantitative estimate of drug-likeness (QED) is 0.585. The highest BCUT2D eigenvalue weighted by Gasteiger charge is 2.19. The predicted molar refractivity (Wildman–Crippen MR) is 96.4 cm³/mol. The maximum atomic E-state index is 11.3. The van der Waals surface area contributed by atoms with Crippen LogP contribution in [0.4, 0.5) is 0 Å². The Morgan fingerprint density at radius 3 is 2.15 bits per heavy atom. The number of rotatable bonds is 3. The van der Waals surface area contributed by atoms with Crippen LogP contribution in [0.2, 0.25) is 0 Å². The van der Waals surface area contributed by atoms with Gasteiger partial charge in [0.15, 0.2) is 5.69 Å². The van der Waals surface area contributed by atoms with Gasteiger partial charge in [0.05, 0.1) is 16.6 Å². The Kier molecular flexibility index (Phi) is 3.58. The smallest absolute Gasteiger partial charge is 0.355 e. The van der Waals surface area contributed by atoms with Crippen LogP contribution in [0.3, 0.4) is 0 Å². The number of carboxylic acid groups (broad SMARTS) is 2. The summed E-state index contributed by atoms with van der Waals surface area (Å²) in [5, 5.41) is 20.0. The molecule has 0 unspecified atom stereocenters. The number of pyridine rings is 2. The molecule has 0 spiro atoms. The van der Waals surface area contributed by atoms with Gasteiger partial charge in [-0.25, -0.2) is 14.6 Å². The standard InChI is InChI=1S/C20H12N2O4/c23-19(24)15-8-14-6-5-13(10-17(14)22-18(15)20(25)26)12-4-3-11-2-1-7-21-16(11)9-12/h1-10H,(H,23,24)(H,25,26). The van der Waals surface area contributed by atoms with Crippen LogP contribution in [-0.4, -0.2) is 32.1 Å². The molecule has 2 N–H and O–H groups in total. The Bertz CT molecular complexity index is 1200. The molecule has 126 valence electrons. The van der Waals surface area contributed by atoms with Gasteiger partial charge in [0, 0.05) is 17.0 Å². The second-order valence-corrected chi connectivity index (χ2v) is 5.81. The number of nitrogens with zero attached hydrogens (tertiary/aromatic N) is 2. The van der Waals surface area contributed by atoms with Crippen LogP contribution in [0.1, 0.15) is 20.8 Å². The molecule has 6 nitrogen and oxygen atoms in total. The largest absolute Gasteiger partial charge is 0.478 e. The average molecular weight is 344 g/mol. The van der Waals surface area contributed by atoms with Gasteiger partial charge in [-0.3, -0.25) is 4.98 Å². The molecule has 2 aromatic carbocycles. The topological polar surface area (TPSA) is 100 Å².